The molecule has 2 aromatic carbocycles. The van der Waals surface area contributed by atoms with Crippen LogP contribution in [0.15, 0.2) is 42.5 Å². The van der Waals surface area contributed by atoms with Crippen LogP contribution in [0.2, 0.25) is 0 Å². The van der Waals surface area contributed by atoms with Crippen LogP contribution >= 0.6 is 0 Å². The SMILES string of the molecule is CCOc1ccc(CN2C(=O)c3ccccc3C2=O)cc1C(=O)N1CCCN(C(C)(C)C)CC1. The van der Waals surface area contributed by atoms with Crippen LogP contribution in [0.3, 0.4) is 0 Å². The maximum atomic E-state index is 13.6. The quantitative estimate of drug-likeness (QED) is 0.631. The maximum absolute atomic E-state index is 13.6. The molecule has 0 radical (unpaired) electrons. The van der Waals surface area contributed by atoms with Crippen molar-refractivity contribution in [2.75, 3.05) is 32.8 Å². The molecule has 7 heteroatoms. The highest BCUT2D eigenvalue weighted by molar-refractivity contribution is 6.21. The van der Waals surface area contributed by atoms with Crippen LogP contribution in [0.5, 0.6) is 5.75 Å². The number of amides is 3. The molecule has 180 valence electrons. The number of ether oxygens (including phenoxy) is 1. The van der Waals surface area contributed by atoms with Gasteiger partial charge in [-0.05, 0) is 63.9 Å². The summed E-state index contributed by atoms with van der Waals surface area (Å²) in [6, 6.07) is 12.2. The summed E-state index contributed by atoms with van der Waals surface area (Å²) in [6.07, 6.45) is 0.904. The summed E-state index contributed by atoms with van der Waals surface area (Å²) in [5, 5.41) is 0. The van der Waals surface area contributed by atoms with Crippen LogP contribution in [0, 0.1) is 0 Å². The van der Waals surface area contributed by atoms with E-state index in [0.717, 1.165) is 19.5 Å². The Kier molecular flexibility index (Phi) is 6.75. The lowest BCUT2D eigenvalue weighted by Gasteiger charge is -2.34. The van der Waals surface area contributed by atoms with Crippen LogP contribution in [-0.4, -0.2) is 70.7 Å². The van der Waals surface area contributed by atoms with Crippen LogP contribution in [0.4, 0.5) is 0 Å². The molecule has 0 spiro atoms. The van der Waals surface area contributed by atoms with Gasteiger partial charge in [0.1, 0.15) is 5.75 Å². The van der Waals surface area contributed by atoms with Crippen molar-refractivity contribution < 1.29 is 19.1 Å². The molecular formula is C27H33N3O4. The predicted molar refractivity (Wildman–Crippen MR) is 130 cm³/mol. The summed E-state index contributed by atoms with van der Waals surface area (Å²) >= 11 is 0. The van der Waals surface area contributed by atoms with Gasteiger partial charge in [0.05, 0.1) is 29.8 Å². The highest BCUT2D eigenvalue weighted by Gasteiger charge is 2.35. The Hall–Kier alpha value is -3.19. The first-order valence-electron chi connectivity index (χ1n) is 12.0. The summed E-state index contributed by atoms with van der Waals surface area (Å²) in [4.78, 5) is 44.7. The number of carbonyl (C=O) groups is 3. The predicted octanol–water partition coefficient (Wildman–Crippen LogP) is 3.83. The molecule has 0 bridgehead atoms. The molecule has 1 fully saturated rings. The second kappa shape index (κ2) is 9.58. The molecule has 2 heterocycles. The first-order chi connectivity index (χ1) is 16.2. The minimum Gasteiger partial charge on any atom is -0.493 e. The zero-order valence-corrected chi connectivity index (χ0v) is 20.5. The van der Waals surface area contributed by atoms with E-state index in [1.165, 1.54) is 4.90 Å². The molecule has 0 atom stereocenters. The molecule has 0 unspecified atom stereocenters. The molecule has 1 saturated heterocycles. The van der Waals surface area contributed by atoms with E-state index in [9.17, 15) is 14.4 Å². The van der Waals surface area contributed by atoms with Gasteiger partial charge in [0.25, 0.3) is 17.7 Å². The van der Waals surface area contributed by atoms with Crippen molar-refractivity contribution in [3.8, 4) is 5.75 Å². The fourth-order valence-electron chi connectivity index (χ4n) is 4.65. The summed E-state index contributed by atoms with van der Waals surface area (Å²) < 4.78 is 5.77. The second-order valence-electron chi connectivity index (χ2n) is 9.81. The first-order valence-corrected chi connectivity index (χ1v) is 12.0. The molecule has 2 aliphatic heterocycles. The molecule has 3 amide bonds. The number of hydrogen-bond acceptors (Lipinski definition) is 5. The number of benzene rings is 2. The lowest BCUT2D eigenvalue weighted by molar-refractivity contribution is 0.0642. The van der Waals surface area contributed by atoms with Crippen molar-refractivity contribution in [2.24, 2.45) is 0 Å². The normalized spacial score (nSPS) is 17.1. The van der Waals surface area contributed by atoms with Gasteiger partial charge >= 0.3 is 0 Å². The van der Waals surface area contributed by atoms with Crippen LogP contribution in [-0.2, 0) is 6.54 Å². The summed E-state index contributed by atoms with van der Waals surface area (Å²) in [5.74, 6) is -0.173. The fraction of sp³-hybridized carbons (Fsp3) is 0.444. The van der Waals surface area contributed by atoms with E-state index in [0.29, 0.717) is 47.7 Å². The van der Waals surface area contributed by atoms with Gasteiger partial charge in [-0.25, -0.2) is 0 Å². The third kappa shape index (κ3) is 4.71. The Labute approximate surface area is 201 Å². The number of nitrogens with zero attached hydrogens (tertiary/aromatic N) is 3. The van der Waals surface area contributed by atoms with E-state index in [2.05, 4.69) is 25.7 Å². The topological polar surface area (TPSA) is 70.2 Å². The average Bonchev–Trinajstić information content (AvgIpc) is 2.98. The van der Waals surface area contributed by atoms with Crippen LogP contribution in [0.25, 0.3) is 0 Å². The molecule has 7 nitrogen and oxygen atoms in total. The van der Waals surface area contributed by atoms with Crippen molar-refractivity contribution in [3.63, 3.8) is 0 Å². The Morgan fingerprint density at radius 1 is 0.941 bits per heavy atom. The number of fused-ring (bicyclic) bond motifs is 1. The smallest absolute Gasteiger partial charge is 0.261 e. The Bertz CT molecular complexity index is 1070. The van der Waals surface area contributed by atoms with E-state index < -0.39 is 0 Å². The largest absolute Gasteiger partial charge is 0.493 e. The van der Waals surface area contributed by atoms with Crippen molar-refractivity contribution in [1.82, 2.24) is 14.7 Å². The van der Waals surface area contributed by atoms with Crippen LogP contribution in [0.1, 0.15) is 70.8 Å². The van der Waals surface area contributed by atoms with E-state index >= 15 is 0 Å². The van der Waals surface area contributed by atoms with E-state index in [4.69, 9.17) is 4.74 Å². The van der Waals surface area contributed by atoms with Gasteiger partial charge in [0.2, 0.25) is 0 Å². The van der Waals surface area contributed by atoms with E-state index in [-0.39, 0.29) is 29.8 Å². The third-order valence-electron chi connectivity index (χ3n) is 6.52. The van der Waals surface area contributed by atoms with Crippen molar-refractivity contribution >= 4 is 17.7 Å². The Morgan fingerprint density at radius 3 is 2.24 bits per heavy atom. The van der Waals surface area contributed by atoms with Crippen molar-refractivity contribution in [2.45, 2.75) is 46.2 Å². The molecular weight excluding hydrogens is 430 g/mol. The zero-order chi connectivity index (χ0) is 24.5. The van der Waals surface area contributed by atoms with Gasteiger partial charge in [-0.2, -0.15) is 0 Å². The van der Waals surface area contributed by atoms with Crippen molar-refractivity contribution in [1.29, 1.82) is 0 Å². The van der Waals surface area contributed by atoms with Gasteiger partial charge in [-0.1, -0.05) is 18.2 Å². The highest BCUT2D eigenvalue weighted by atomic mass is 16.5. The molecule has 0 aliphatic carbocycles. The molecule has 0 aromatic heterocycles. The summed E-state index contributed by atoms with van der Waals surface area (Å²) in [6.45, 7) is 12.1. The summed E-state index contributed by atoms with van der Waals surface area (Å²) in [5.41, 5.74) is 2.08. The molecule has 2 aliphatic rings. The Balaban J connectivity index is 1.56. The second-order valence-corrected chi connectivity index (χ2v) is 9.81. The number of hydrogen-bond donors (Lipinski definition) is 0. The standard InChI is InChI=1S/C27H33N3O4/c1-5-34-23-12-11-19(18-30-25(32)20-9-6-7-10-21(20)26(30)33)17-22(23)24(31)28-13-8-14-29(16-15-28)27(2,3)4/h6-7,9-12,17H,5,8,13-16,18H2,1-4H3. The average molecular weight is 464 g/mol. The number of carbonyl (C=O) groups excluding carboxylic acids is 3. The molecule has 0 saturated carbocycles. The number of imide groups is 1. The van der Waals surface area contributed by atoms with Gasteiger partial charge in [0, 0.05) is 31.7 Å². The maximum Gasteiger partial charge on any atom is 0.261 e. The molecule has 0 N–H and O–H groups in total. The monoisotopic (exact) mass is 463 g/mol. The first kappa shape index (κ1) is 24.0. The minimum absolute atomic E-state index is 0.0574. The van der Waals surface area contributed by atoms with Gasteiger partial charge in [0.15, 0.2) is 0 Å². The van der Waals surface area contributed by atoms with Gasteiger partial charge < -0.3 is 9.64 Å². The number of rotatable bonds is 5. The molecule has 4 rings (SSSR count). The van der Waals surface area contributed by atoms with E-state index in [1.807, 2.05) is 17.9 Å². The van der Waals surface area contributed by atoms with Crippen LogP contribution < -0.4 is 4.74 Å². The minimum atomic E-state index is -0.308. The summed E-state index contributed by atoms with van der Waals surface area (Å²) in [7, 11) is 0. The fourth-order valence-corrected chi connectivity index (χ4v) is 4.65. The molecule has 34 heavy (non-hydrogen) atoms. The van der Waals surface area contributed by atoms with Gasteiger partial charge in [-0.15, -0.1) is 0 Å². The highest BCUT2D eigenvalue weighted by Crippen LogP contribution is 2.28. The lowest BCUT2D eigenvalue weighted by atomic mass is 10.1. The lowest BCUT2D eigenvalue weighted by Crippen LogP contribution is -2.44. The van der Waals surface area contributed by atoms with E-state index in [1.54, 1.807) is 36.4 Å². The molecule has 2 aromatic rings. The zero-order valence-electron chi connectivity index (χ0n) is 20.5. The van der Waals surface area contributed by atoms with Crippen molar-refractivity contribution in [3.05, 3.63) is 64.7 Å². The third-order valence-corrected chi connectivity index (χ3v) is 6.52. The Morgan fingerprint density at radius 2 is 1.62 bits per heavy atom. The van der Waals surface area contributed by atoms with Gasteiger partial charge in [-0.3, -0.25) is 24.2 Å².